The minimum atomic E-state index is -0.935. The average molecular weight is 321 g/mol. The van der Waals surface area contributed by atoms with E-state index in [1.165, 1.54) is 12.1 Å². The minimum absolute atomic E-state index is 0.0968. The predicted octanol–water partition coefficient (Wildman–Crippen LogP) is 3.04. The number of aryl methyl sites for hydroxylation is 1. The maximum Gasteiger partial charge on any atom is 0.313 e. The fourth-order valence-electron chi connectivity index (χ4n) is 1.83. The van der Waals surface area contributed by atoms with Crippen molar-refractivity contribution in [3.8, 4) is 0 Å². The van der Waals surface area contributed by atoms with E-state index in [0.29, 0.717) is 0 Å². The van der Waals surface area contributed by atoms with E-state index in [0.717, 1.165) is 17.2 Å². The number of rotatable bonds is 3. The van der Waals surface area contributed by atoms with E-state index in [1.807, 2.05) is 31.2 Å². The first-order chi connectivity index (χ1) is 10.5. The minimum Gasteiger partial charge on any atom is -0.344 e. The lowest BCUT2D eigenvalue weighted by atomic mass is 10.1. The Morgan fingerprint density at radius 2 is 1.86 bits per heavy atom. The fourth-order valence-corrected chi connectivity index (χ4v) is 1.99. The predicted molar refractivity (Wildman–Crippen MR) is 83.1 cm³/mol. The molecule has 22 heavy (non-hydrogen) atoms. The lowest BCUT2D eigenvalue weighted by Crippen LogP contribution is -2.35. The number of carbonyl (C=O) groups excluding carboxylic acids is 2. The summed E-state index contributed by atoms with van der Waals surface area (Å²) >= 11 is 5.62. The van der Waals surface area contributed by atoms with Crippen LogP contribution in [0.3, 0.4) is 0 Å². The van der Waals surface area contributed by atoms with Crippen molar-refractivity contribution in [3.05, 3.63) is 64.4 Å². The van der Waals surface area contributed by atoms with Crippen LogP contribution in [0.5, 0.6) is 0 Å². The standard InChI is InChI=1S/C16H14ClFN2O2/c1-10-4-2-3-5-11(10)9-19-15(21)16(22)20-14-7-6-12(17)8-13(14)18/h2-8H,9H2,1H3,(H,19,21)(H,20,22). The molecule has 114 valence electrons. The molecule has 0 fully saturated rings. The quantitative estimate of drug-likeness (QED) is 0.854. The highest BCUT2D eigenvalue weighted by Crippen LogP contribution is 2.18. The highest BCUT2D eigenvalue weighted by Gasteiger charge is 2.15. The Labute approximate surface area is 132 Å². The van der Waals surface area contributed by atoms with Crippen LogP contribution in [0.4, 0.5) is 10.1 Å². The molecule has 2 aromatic carbocycles. The molecule has 0 spiro atoms. The maximum atomic E-state index is 13.5. The zero-order chi connectivity index (χ0) is 16.1. The molecular formula is C16H14ClFN2O2. The van der Waals surface area contributed by atoms with Crippen molar-refractivity contribution in [2.75, 3.05) is 5.32 Å². The van der Waals surface area contributed by atoms with Gasteiger partial charge in [0.15, 0.2) is 0 Å². The summed E-state index contributed by atoms with van der Waals surface area (Å²) in [7, 11) is 0. The van der Waals surface area contributed by atoms with Crippen molar-refractivity contribution in [2.45, 2.75) is 13.5 Å². The second kappa shape index (κ2) is 7.04. The van der Waals surface area contributed by atoms with Crippen molar-refractivity contribution in [2.24, 2.45) is 0 Å². The first kappa shape index (κ1) is 16.0. The molecule has 0 radical (unpaired) electrons. The van der Waals surface area contributed by atoms with Gasteiger partial charge in [-0.3, -0.25) is 9.59 Å². The summed E-state index contributed by atoms with van der Waals surface area (Å²) in [6, 6.07) is 11.3. The van der Waals surface area contributed by atoms with Gasteiger partial charge in [0.2, 0.25) is 0 Å². The topological polar surface area (TPSA) is 58.2 Å². The number of benzene rings is 2. The lowest BCUT2D eigenvalue weighted by molar-refractivity contribution is -0.136. The molecule has 0 saturated carbocycles. The van der Waals surface area contributed by atoms with Gasteiger partial charge in [-0.25, -0.2) is 4.39 Å². The molecule has 2 rings (SSSR count). The van der Waals surface area contributed by atoms with Gasteiger partial charge in [-0.15, -0.1) is 0 Å². The lowest BCUT2D eigenvalue weighted by Gasteiger charge is -2.09. The SMILES string of the molecule is Cc1ccccc1CNC(=O)C(=O)Nc1ccc(Cl)cc1F. The van der Waals surface area contributed by atoms with Gasteiger partial charge in [0.25, 0.3) is 0 Å². The number of hydrogen-bond donors (Lipinski definition) is 2. The number of carbonyl (C=O) groups is 2. The van der Waals surface area contributed by atoms with E-state index >= 15 is 0 Å². The number of hydrogen-bond acceptors (Lipinski definition) is 2. The van der Waals surface area contributed by atoms with Crippen LogP contribution in [0.25, 0.3) is 0 Å². The smallest absolute Gasteiger partial charge is 0.313 e. The summed E-state index contributed by atoms with van der Waals surface area (Å²) in [6.07, 6.45) is 0. The zero-order valence-corrected chi connectivity index (χ0v) is 12.6. The number of amides is 2. The normalized spacial score (nSPS) is 10.1. The Hall–Kier alpha value is -2.40. The third kappa shape index (κ3) is 4.05. The van der Waals surface area contributed by atoms with E-state index in [4.69, 9.17) is 11.6 Å². The summed E-state index contributed by atoms with van der Waals surface area (Å²) in [4.78, 5) is 23.5. The molecule has 0 unspecified atom stereocenters. The summed E-state index contributed by atoms with van der Waals surface area (Å²) in [6.45, 7) is 2.13. The first-order valence-electron chi connectivity index (χ1n) is 6.56. The van der Waals surface area contributed by atoms with Gasteiger partial charge in [0.1, 0.15) is 5.82 Å². The van der Waals surface area contributed by atoms with Gasteiger partial charge in [0, 0.05) is 11.6 Å². The van der Waals surface area contributed by atoms with Crippen molar-refractivity contribution in [3.63, 3.8) is 0 Å². The number of halogens is 2. The molecule has 6 heteroatoms. The number of nitrogens with one attached hydrogen (secondary N) is 2. The molecule has 0 bridgehead atoms. The summed E-state index contributed by atoms with van der Waals surface area (Å²) in [5.74, 6) is -2.47. The van der Waals surface area contributed by atoms with Gasteiger partial charge in [-0.2, -0.15) is 0 Å². The van der Waals surface area contributed by atoms with Crippen LogP contribution in [0, 0.1) is 12.7 Å². The van der Waals surface area contributed by atoms with Crippen LogP contribution < -0.4 is 10.6 Å². The van der Waals surface area contributed by atoms with Crippen LogP contribution in [0.1, 0.15) is 11.1 Å². The number of anilines is 1. The molecule has 0 aliphatic heterocycles. The van der Waals surface area contributed by atoms with Crippen molar-refractivity contribution >= 4 is 29.1 Å². The average Bonchev–Trinajstić information content (AvgIpc) is 2.49. The Bertz CT molecular complexity index is 719. The van der Waals surface area contributed by atoms with E-state index in [1.54, 1.807) is 0 Å². The summed E-state index contributed by atoms with van der Waals surface area (Å²) in [5, 5.41) is 4.90. The molecule has 0 heterocycles. The van der Waals surface area contributed by atoms with Crippen LogP contribution in [0.15, 0.2) is 42.5 Å². The van der Waals surface area contributed by atoms with Crippen LogP contribution in [-0.2, 0) is 16.1 Å². The molecule has 0 aromatic heterocycles. The Morgan fingerprint density at radius 3 is 2.55 bits per heavy atom. The second-order valence-electron chi connectivity index (χ2n) is 4.69. The van der Waals surface area contributed by atoms with Crippen molar-refractivity contribution < 1.29 is 14.0 Å². The largest absolute Gasteiger partial charge is 0.344 e. The van der Waals surface area contributed by atoms with Crippen molar-refractivity contribution in [1.82, 2.24) is 5.32 Å². The Balaban J connectivity index is 1.95. The first-order valence-corrected chi connectivity index (χ1v) is 6.94. The highest BCUT2D eigenvalue weighted by atomic mass is 35.5. The molecule has 0 aliphatic rings. The molecule has 4 nitrogen and oxygen atoms in total. The second-order valence-corrected chi connectivity index (χ2v) is 5.12. The van der Waals surface area contributed by atoms with Crippen LogP contribution >= 0.6 is 11.6 Å². The molecule has 2 N–H and O–H groups in total. The van der Waals surface area contributed by atoms with Gasteiger partial charge in [-0.05, 0) is 36.2 Å². The molecule has 0 saturated heterocycles. The fraction of sp³-hybridized carbons (Fsp3) is 0.125. The molecular weight excluding hydrogens is 307 g/mol. The zero-order valence-electron chi connectivity index (χ0n) is 11.8. The maximum absolute atomic E-state index is 13.5. The molecule has 2 aromatic rings. The molecule has 0 atom stereocenters. The molecule has 2 amide bonds. The van der Waals surface area contributed by atoms with Crippen molar-refractivity contribution in [1.29, 1.82) is 0 Å². The third-order valence-corrected chi connectivity index (χ3v) is 3.32. The highest BCUT2D eigenvalue weighted by molar-refractivity contribution is 6.39. The van der Waals surface area contributed by atoms with E-state index in [9.17, 15) is 14.0 Å². The van der Waals surface area contributed by atoms with Gasteiger partial charge < -0.3 is 10.6 Å². The van der Waals surface area contributed by atoms with Crippen LogP contribution in [-0.4, -0.2) is 11.8 Å². The van der Waals surface area contributed by atoms with Gasteiger partial charge in [-0.1, -0.05) is 35.9 Å². The van der Waals surface area contributed by atoms with E-state index in [-0.39, 0.29) is 17.3 Å². The van der Waals surface area contributed by atoms with Gasteiger partial charge >= 0.3 is 11.8 Å². The Morgan fingerprint density at radius 1 is 1.14 bits per heavy atom. The third-order valence-electron chi connectivity index (χ3n) is 3.09. The van der Waals surface area contributed by atoms with Crippen LogP contribution in [0.2, 0.25) is 5.02 Å². The van der Waals surface area contributed by atoms with Gasteiger partial charge in [0.05, 0.1) is 5.69 Å². The van der Waals surface area contributed by atoms with E-state index < -0.39 is 17.6 Å². The van der Waals surface area contributed by atoms with E-state index in [2.05, 4.69) is 10.6 Å². The summed E-state index contributed by atoms with van der Waals surface area (Å²) in [5.41, 5.74) is 1.81. The summed E-state index contributed by atoms with van der Waals surface area (Å²) < 4.78 is 13.5. The Kier molecular flexibility index (Phi) is 5.12. The molecule has 0 aliphatic carbocycles. The monoisotopic (exact) mass is 320 g/mol.